The Morgan fingerprint density at radius 2 is 1.93 bits per heavy atom. The highest BCUT2D eigenvalue weighted by atomic mass is 35.5. The van der Waals surface area contributed by atoms with E-state index < -0.39 is 17.6 Å². The maximum Gasteiger partial charge on any atom is 0.354 e. The standard InChI is InChI=1S/C31H31ClFN5O5/c1-18(28-34-23-8-9-24(30(39)40)35-29(23)38(28)17-20-10-15-41-20)36-11-13-37(14-12-36)25-4-3-5-26-27(25)43-31(2,42-26)21-7-6-19(32)16-22(21)33/h3-9,16,18,20H,10-15,17H2,1-2H3,(H,39,40)/t18-,20-,31-/m0/s1. The largest absolute Gasteiger partial charge is 0.477 e. The van der Waals surface area contributed by atoms with Crippen molar-refractivity contribution in [3.8, 4) is 11.5 Å². The summed E-state index contributed by atoms with van der Waals surface area (Å²) in [4.78, 5) is 25.6. The third-order valence-corrected chi connectivity index (χ3v) is 8.81. The summed E-state index contributed by atoms with van der Waals surface area (Å²) in [6, 6.07) is 13.4. The van der Waals surface area contributed by atoms with E-state index in [9.17, 15) is 14.3 Å². The van der Waals surface area contributed by atoms with Gasteiger partial charge >= 0.3 is 5.97 Å². The minimum atomic E-state index is -1.32. The van der Waals surface area contributed by atoms with Crippen LogP contribution < -0.4 is 14.4 Å². The van der Waals surface area contributed by atoms with Gasteiger partial charge in [0.1, 0.15) is 17.2 Å². The monoisotopic (exact) mass is 607 g/mol. The Morgan fingerprint density at radius 3 is 2.63 bits per heavy atom. The third kappa shape index (κ3) is 4.95. The number of aromatic carboxylic acids is 1. The molecule has 2 aromatic carbocycles. The molecular formula is C31H31ClFN5O5. The molecule has 224 valence electrons. The van der Waals surface area contributed by atoms with Crippen LogP contribution in [0, 0.1) is 5.82 Å². The lowest BCUT2D eigenvalue weighted by atomic mass is 10.1. The summed E-state index contributed by atoms with van der Waals surface area (Å²) < 4.78 is 35.0. The number of anilines is 1. The third-order valence-electron chi connectivity index (χ3n) is 8.58. The molecule has 0 spiro atoms. The molecule has 0 saturated carbocycles. The van der Waals surface area contributed by atoms with Gasteiger partial charge in [0.25, 0.3) is 5.79 Å². The van der Waals surface area contributed by atoms with E-state index >= 15 is 0 Å². The fourth-order valence-electron chi connectivity index (χ4n) is 6.11. The molecular weight excluding hydrogens is 577 g/mol. The van der Waals surface area contributed by atoms with Crippen LogP contribution in [0.4, 0.5) is 10.1 Å². The average molecular weight is 608 g/mol. The van der Waals surface area contributed by atoms with Crippen LogP contribution in [-0.4, -0.2) is 69.4 Å². The number of hydrogen-bond acceptors (Lipinski definition) is 8. The highest BCUT2D eigenvalue weighted by molar-refractivity contribution is 6.30. The fraction of sp³-hybridized carbons (Fsp3) is 0.387. The number of nitrogens with zero attached hydrogens (tertiary/aromatic N) is 5. The van der Waals surface area contributed by atoms with Gasteiger partial charge in [-0.2, -0.15) is 0 Å². The van der Waals surface area contributed by atoms with Crippen molar-refractivity contribution < 1.29 is 28.5 Å². The van der Waals surface area contributed by atoms with Crippen molar-refractivity contribution >= 4 is 34.4 Å². The molecule has 12 heteroatoms. The molecule has 3 aliphatic rings. The highest BCUT2D eigenvalue weighted by Crippen LogP contribution is 2.50. The van der Waals surface area contributed by atoms with Crippen LogP contribution in [-0.2, 0) is 17.1 Å². The van der Waals surface area contributed by atoms with Gasteiger partial charge in [-0.25, -0.2) is 19.2 Å². The number of carboxylic acid groups (broad SMARTS) is 1. The highest BCUT2D eigenvalue weighted by Gasteiger charge is 2.43. The van der Waals surface area contributed by atoms with Gasteiger partial charge < -0.3 is 28.8 Å². The van der Waals surface area contributed by atoms with Crippen molar-refractivity contribution in [2.75, 3.05) is 37.7 Å². The summed E-state index contributed by atoms with van der Waals surface area (Å²) in [6.45, 7) is 8.09. The number of ether oxygens (including phenoxy) is 3. The van der Waals surface area contributed by atoms with E-state index in [1.807, 2.05) is 22.8 Å². The van der Waals surface area contributed by atoms with E-state index in [4.69, 9.17) is 30.8 Å². The first-order valence-corrected chi connectivity index (χ1v) is 14.8. The maximum atomic E-state index is 14.8. The Labute approximate surface area is 252 Å². The molecule has 2 saturated heterocycles. The number of aromatic nitrogens is 3. The number of hydrogen-bond donors (Lipinski definition) is 1. The van der Waals surface area contributed by atoms with Gasteiger partial charge in [0.15, 0.2) is 22.8 Å². The minimum Gasteiger partial charge on any atom is -0.477 e. The number of benzene rings is 2. The average Bonchev–Trinajstić information content (AvgIpc) is 3.51. The Balaban J connectivity index is 1.10. The Hall–Kier alpha value is -3.93. The van der Waals surface area contributed by atoms with Crippen LogP contribution in [0.5, 0.6) is 11.5 Å². The lowest BCUT2D eigenvalue weighted by Gasteiger charge is -2.39. The molecule has 2 fully saturated rings. The van der Waals surface area contributed by atoms with E-state index in [1.165, 1.54) is 12.1 Å². The zero-order valence-electron chi connectivity index (χ0n) is 23.8. The van der Waals surface area contributed by atoms with Gasteiger partial charge in [-0.3, -0.25) is 4.90 Å². The second-order valence-electron chi connectivity index (χ2n) is 11.3. The molecule has 3 aliphatic heterocycles. The number of piperazine rings is 1. The van der Waals surface area contributed by atoms with E-state index in [2.05, 4.69) is 21.7 Å². The van der Waals surface area contributed by atoms with Crippen molar-refractivity contribution in [1.29, 1.82) is 0 Å². The number of fused-ring (bicyclic) bond motifs is 2. The smallest absolute Gasteiger partial charge is 0.354 e. The fourth-order valence-corrected chi connectivity index (χ4v) is 6.27. The number of para-hydroxylation sites is 1. The van der Waals surface area contributed by atoms with Gasteiger partial charge in [0, 0.05) is 44.7 Å². The summed E-state index contributed by atoms with van der Waals surface area (Å²) in [6.07, 6.45) is 1.01. The van der Waals surface area contributed by atoms with E-state index in [0.717, 1.165) is 50.7 Å². The zero-order valence-corrected chi connectivity index (χ0v) is 24.6. The molecule has 0 unspecified atom stereocenters. The van der Waals surface area contributed by atoms with Crippen LogP contribution in [0.25, 0.3) is 11.2 Å². The number of rotatable bonds is 7. The van der Waals surface area contributed by atoms with Crippen LogP contribution in [0.1, 0.15) is 48.2 Å². The van der Waals surface area contributed by atoms with Crippen molar-refractivity contribution in [3.05, 3.63) is 76.5 Å². The van der Waals surface area contributed by atoms with Gasteiger partial charge in [0.2, 0.25) is 0 Å². The molecule has 5 heterocycles. The lowest BCUT2D eigenvalue weighted by molar-refractivity contribution is -0.0705. The quantitative estimate of drug-likeness (QED) is 0.302. The maximum absolute atomic E-state index is 14.8. The summed E-state index contributed by atoms with van der Waals surface area (Å²) >= 11 is 5.97. The normalized spacial score (nSPS) is 22.5. The number of carboxylic acids is 1. The molecule has 2 aromatic heterocycles. The van der Waals surface area contributed by atoms with Gasteiger partial charge in [-0.05, 0) is 55.8 Å². The predicted octanol–water partition coefficient (Wildman–Crippen LogP) is 5.24. The van der Waals surface area contributed by atoms with E-state index in [-0.39, 0.29) is 23.4 Å². The molecule has 7 rings (SSSR count). The Kier molecular flexibility index (Phi) is 6.91. The first-order chi connectivity index (χ1) is 20.7. The molecule has 0 bridgehead atoms. The van der Waals surface area contributed by atoms with Crippen LogP contribution in [0.2, 0.25) is 5.02 Å². The topological polar surface area (TPSA) is 102 Å². The second kappa shape index (κ2) is 10.7. The molecule has 1 N–H and O–H groups in total. The Morgan fingerprint density at radius 1 is 1.14 bits per heavy atom. The molecule has 0 amide bonds. The number of carbonyl (C=O) groups is 1. The first-order valence-electron chi connectivity index (χ1n) is 14.4. The van der Waals surface area contributed by atoms with E-state index in [1.54, 1.807) is 25.1 Å². The molecule has 0 aliphatic carbocycles. The molecule has 3 atom stereocenters. The van der Waals surface area contributed by atoms with Crippen LogP contribution in [0.3, 0.4) is 0 Å². The van der Waals surface area contributed by atoms with E-state index in [0.29, 0.717) is 34.2 Å². The SMILES string of the molecule is C[C@@H](c1nc2ccc(C(=O)O)nc2n1C[C@@H]1CCO1)N1CCN(c2cccc3c2O[C@@](C)(c2ccc(Cl)cc2F)O3)CC1. The summed E-state index contributed by atoms with van der Waals surface area (Å²) in [5.41, 5.74) is 2.39. The van der Waals surface area contributed by atoms with Gasteiger partial charge in [-0.15, -0.1) is 0 Å². The summed E-state index contributed by atoms with van der Waals surface area (Å²) in [5.74, 6) is -0.890. The lowest BCUT2D eigenvalue weighted by Crippen LogP contribution is -2.47. The van der Waals surface area contributed by atoms with Crippen molar-refractivity contribution in [3.63, 3.8) is 0 Å². The minimum absolute atomic E-state index is 0.00696. The van der Waals surface area contributed by atoms with Gasteiger partial charge in [-0.1, -0.05) is 17.7 Å². The summed E-state index contributed by atoms with van der Waals surface area (Å²) in [7, 11) is 0. The number of pyridine rings is 1. The van der Waals surface area contributed by atoms with Crippen molar-refractivity contribution in [1.82, 2.24) is 19.4 Å². The first kappa shape index (κ1) is 27.9. The molecule has 4 aromatic rings. The number of halogens is 2. The van der Waals surface area contributed by atoms with Crippen LogP contribution in [0.15, 0.2) is 48.5 Å². The predicted molar refractivity (Wildman–Crippen MR) is 158 cm³/mol. The molecule has 0 radical (unpaired) electrons. The van der Waals surface area contributed by atoms with Crippen molar-refractivity contribution in [2.24, 2.45) is 0 Å². The van der Waals surface area contributed by atoms with Gasteiger partial charge in [0.05, 0.1) is 29.9 Å². The summed E-state index contributed by atoms with van der Waals surface area (Å²) in [5, 5.41) is 9.82. The molecule has 43 heavy (non-hydrogen) atoms. The Bertz CT molecular complexity index is 1720. The zero-order chi connectivity index (χ0) is 29.9. The molecule has 10 nitrogen and oxygen atoms in total. The second-order valence-corrected chi connectivity index (χ2v) is 11.7. The van der Waals surface area contributed by atoms with Crippen LogP contribution >= 0.6 is 11.6 Å². The number of imidazole rings is 1. The van der Waals surface area contributed by atoms with Crippen molar-refractivity contribution in [2.45, 2.75) is 44.7 Å².